The first-order chi connectivity index (χ1) is 14.8. The Morgan fingerprint density at radius 3 is 2.52 bits per heavy atom. The number of aliphatic hydroxyl groups excluding tert-OH is 1. The molecule has 1 aliphatic rings. The number of aryl methyl sites for hydroxylation is 2. The number of nitrogens with zero attached hydrogens (tertiary/aromatic N) is 1. The largest absolute Gasteiger partial charge is 0.507 e. The van der Waals surface area contributed by atoms with E-state index in [2.05, 4.69) is 0 Å². The van der Waals surface area contributed by atoms with E-state index < -0.39 is 17.7 Å². The SMILES string of the molecule is CCCCN1C(=O)C(=O)/C(=C(/O)c2cc(C)ccc2C)C1c1ccc(O)c(OCC)c1. The van der Waals surface area contributed by atoms with E-state index in [-0.39, 0.29) is 22.8 Å². The van der Waals surface area contributed by atoms with Crippen LogP contribution in [0.1, 0.15) is 55.0 Å². The highest BCUT2D eigenvalue weighted by molar-refractivity contribution is 6.46. The Balaban J connectivity index is 2.23. The zero-order chi connectivity index (χ0) is 22.7. The molecule has 0 bridgehead atoms. The highest BCUT2D eigenvalue weighted by atomic mass is 16.5. The molecule has 0 aliphatic carbocycles. The van der Waals surface area contributed by atoms with Crippen LogP contribution in [-0.2, 0) is 9.59 Å². The van der Waals surface area contributed by atoms with Crippen LogP contribution >= 0.6 is 0 Å². The van der Waals surface area contributed by atoms with Crippen molar-refractivity contribution in [2.24, 2.45) is 0 Å². The van der Waals surface area contributed by atoms with Crippen molar-refractivity contribution in [2.75, 3.05) is 13.2 Å². The van der Waals surface area contributed by atoms with E-state index in [1.165, 1.54) is 11.0 Å². The zero-order valence-corrected chi connectivity index (χ0v) is 18.4. The van der Waals surface area contributed by atoms with Crippen LogP contribution in [0.15, 0.2) is 42.0 Å². The third-order valence-electron chi connectivity index (χ3n) is 5.54. The number of hydrogen-bond donors (Lipinski definition) is 2. The number of hydrogen-bond acceptors (Lipinski definition) is 5. The van der Waals surface area contributed by atoms with Crippen LogP contribution in [0.4, 0.5) is 0 Å². The van der Waals surface area contributed by atoms with Gasteiger partial charge in [-0.25, -0.2) is 0 Å². The van der Waals surface area contributed by atoms with Gasteiger partial charge in [0.15, 0.2) is 11.5 Å². The maximum atomic E-state index is 13.1. The molecule has 0 aromatic heterocycles. The van der Waals surface area contributed by atoms with Gasteiger partial charge in [0.1, 0.15) is 5.76 Å². The number of likely N-dealkylation sites (tertiary alicyclic amines) is 1. The van der Waals surface area contributed by atoms with Gasteiger partial charge in [0.05, 0.1) is 18.2 Å². The molecule has 1 fully saturated rings. The van der Waals surface area contributed by atoms with E-state index in [4.69, 9.17) is 4.74 Å². The molecule has 1 amide bonds. The second-order valence-corrected chi connectivity index (χ2v) is 7.82. The maximum absolute atomic E-state index is 13.1. The molecule has 6 heteroatoms. The van der Waals surface area contributed by atoms with Gasteiger partial charge in [0.2, 0.25) is 0 Å². The molecule has 0 spiro atoms. The molecule has 2 N–H and O–H groups in total. The number of carbonyl (C=O) groups excluding carboxylic acids is 2. The molecular formula is C25H29NO5. The monoisotopic (exact) mass is 423 g/mol. The molecule has 1 atom stereocenters. The van der Waals surface area contributed by atoms with Gasteiger partial charge in [-0.3, -0.25) is 9.59 Å². The number of benzene rings is 2. The fourth-order valence-corrected chi connectivity index (χ4v) is 3.89. The predicted octanol–water partition coefficient (Wildman–Crippen LogP) is 4.63. The molecule has 2 aromatic carbocycles. The first kappa shape index (κ1) is 22.4. The molecule has 0 radical (unpaired) electrons. The third-order valence-corrected chi connectivity index (χ3v) is 5.54. The van der Waals surface area contributed by atoms with Crippen molar-refractivity contribution < 1.29 is 24.5 Å². The van der Waals surface area contributed by atoms with Gasteiger partial charge in [-0.15, -0.1) is 0 Å². The third kappa shape index (κ3) is 4.29. The Bertz CT molecular complexity index is 1040. The Labute approximate surface area is 182 Å². The van der Waals surface area contributed by atoms with Crippen LogP contribution in [-0.4, -0.2) is 40.0 Å². The van der Waals surface area contributed by atoms with Gasteiger partial charge < -0.3 is 19.8 Å². The molecule has 1 saturated heterocycles. The van der Waals surface area contributed by atoms with Crippen LogP contribution in [0.25, 0.3) is 5.76 Å². The normalized spacial score (nSPS) is 17.9. The number of aliphatic hydroxyl groups is 1. The van der Waals surface area contributed by atoms with E-state index in [0.29, 0.717) is 24.3 Å². The van der Waals surface area contributed by atoms with Gasteiger partial charge in [-0.1, -0.05) is 37.1 Å². The first-order valence-corrected chi connectivity index (χ1v) is 10.6. The molecule has 164 valence electrons. The molecule has 2 aromatic rings. The van der Waals surface area contributed by atoms with Crippen molar-refractivity contribution in [3.8, 4) is 11.5 Å². The predicted molar refractivity (Wildman–Crippen MR) is 119 cm³/mol. The molecule has 31 heavy (non-hydrogen) atoms. The van der Waals surface area contributed by atoms with Crippen LogP contribution in [0, 0.1) is 13.8 Å². The van der Waals surface area contributed by atoms with Gasteiger partial charge in [-0.2, -0.15) is 0 Å². The minimum absolute atomic E-state index is 0.0226. The van der Waals surface area contributed by atoms with E-state index in [9.17, 15) is 19.8 Å². The number of Topliss-reactive ketones (excluding diaryl/α,β-unsaturated/α-hetero) is 1. The second-order valence-electron chi connectivity index (χ2n) is 7.82. The molecule has 0 saturated carbocycles. The lowest BCUT2D eigenvalue weighted by molar-refractivity contribution is -0.139. The summed E-state index contributed by atoms with van der Waals surface area (Å²) >= 11 is 0. The van der Waals surface area contributed by atoms with Crippen molar-refractivity contribution in [2.45, 2.75) is 46.6 Å². The molecular weight excluding hydrogens is 394 g/mol. The van der Waals surface area contributed by atoms with Crippen molar-refractivity contribution >= 4 is 17.4 Å². The number of phenols is 1. The van der Waals surface area contributed by atoms with Crippen molar-refractivity contribution in [1.29, 1.82) is 0 Å². The summed E-state index contributed by atoms with van der Waals surface area (Å²) in [7, 11) is 0. The Morgan fingerprint density at radius 2 is 1.84 bits per heavy atom. The lowest BCUT2D eigenvalue weighted by Crippen LogP contribution is -2.30. The standard InChI is InChI=1S/C25H29NO5/c1-5-7-12-26-22(17-10-11-19(27)20(14-17)31-6-2)21(24(29)25(26)30)23(28)18-13-15(3)8-9-16(18)4/h8-11,13-14,22,27-28H,5-7,12H2,1-4H3/b23-21+. The van der Waals surface area contributed by atoms with Crippen LogP contribution < -0.4 is 4.74 Å². The summed E-state index contributed by atoms with van der Waals surface area (Å²) in [6, 6.07) is 9.63. The Morgan fingerprint density at radius 1 is 1.10 bits per heavy atom. The number of unbranched alkanes of at least 4 members (excludes halogenated alkanes) is 1. The number of rotatable bonds is 7. The number of phenolic OH excluding ortho intramolecular Hbond substituents is 1. The average Bonchev–Trinajstić information content (AvgIpc) is 3.00. The number of aromatic hydroxyl groups is 1. The average molecular weight is 424 g/mol. The van der Waals surface area contributed by atoms with Crippen molar-refractivity contribution in [1.82, 2.24) is 4.90 Å². The summed E-state index contributed by atoms with van der Waals surface area (Å²) in [6.45, 7) is 8.32. The summed E-state index contributed by atoms with van der Waals surface area (Å²) in [5.41, 5.74) is 2.93. The van der Waals surface area contributed by atoms with E-state index in [1.807, 2.05) is 39.0 Å². The summed E-state index contributed by atoms with van der Waals surface area (Å²) in [5.74, 6) is -1.27. The topological polar surface area (TPSA) is 87.1 Å². The summed E-state index contributed by atoms with van der Waals surface area (Å²) < 4.78 is 5.51. The molecule has 1 aliphatic heterocycles. The highest BCUT2D eigenvalue weighted by Gasteiger charge is 2.46. The number of carbonyl (C=O) groups is 2. The number of ether oxygens (including phenoxy) is 1. The fourth-order valence-electron chi connectivity index (χ4n) is 3.89. The second kappa shape index (κ2) is 9.25. The van der Waals surface area contributed by atoms with E-state index >= 15 is 0 Å². The van der Waals surface area contributed by atoms with Crippen LogP contribution in [0.5, 0.6) is 11.5 Å². The fraction of sp³-hybridized carbons (Fsp3) is 0.360. The molecule has 1 heterocycles. The first-order valence-electron chi connectivity index (χ1n) is 10.6. The van der Waals surface area contributed by atoms with Crippen molar-refractivity contribution in [3.05, 3.63) is 64.2 Å². The van der Waals surface area contributed by atoms with Gasteiger partial charge in [0.25, 0.3) is 11.7 Å². The van der Waals surface area contributed by atoms with Gasteiger partial charge in [-0.05, 0) is 56.5 Å². The van der Waals surface area contributed by atoms with E-state index in [0.717, 1.165) is 24.0 Å². The van der Waals surface area contributed by atoms with Crippen LogP contribution in [0.3, 0.4) is 0 Å². The summed E-state index contributed by atoms with van der Waals surface area (Å²) in [6.07, 6.45) is 1.58. The smallest absolute Gasteiger partial charge is 0.295 e. The molecule has 6 nitrogen and oxygen atoms in total. The summed E-state index contributed by atoms with van der Waals surface area (Å²) in [4.78, 5) is 27.5. The quantitative estimate of drug-likeness (QED) is 0.385. The van der Waals surface area contributed by atoms with Crippen molar-refractivity contribution in [3.63, 3.8) is 0 Å². The van der Waals surface area contributed by atoms with Crippen LogP contribution in [0.2, 0.25) is 0 Å². The maximum Gasteiger partial charge on any atom is 0.295 e. The van der Waals surface area contributed by atoms with Gasteiger partial charge in [0, 0.05) is 12.1 Å². The number of ketones is 1. The molecule has 3 rings (SSSR count). The minimum Gasteiger partial charge on any atom is -0.507 e. The lowest BCUT2D eigenvalue weighted by Gasteiger charge is -2.26. The minimum atomic E-state index is -0.758. The number of amides is 1. The Hall–Kier alpha value is -3.28. The van der Waals surface area contributed by atoms with Gasteiger partial charge >= 0.3 is 0 Å². The highest BCUT2D eigenvalue weighted by Crippen LogP contribution is 2.42. The summed E-state index contributed by atoms with van der Waals surface area (Å²) in [5, 5.41) is 21.3. The zero-order valence-electron chi connectivity index (χ0n) is 18.4. The van der Waals surface area contributed by atoms with E-state index in [1.54, 1.807) is 19.1 Å². The molecule has 1 unspecified atom stereocenters. The lowest BCUT2D eigenvalue weighted by atomic mass is 9.93. The Kier molecular flexibility index (Phi) is 6.68.